The number of ether oxygens (including phenoxy) is 1. The second-order valence-corrected chi connectivity index (χ2v) is 10.1. The zero-order chi connectivity index (χ0) is 28.4. The van der Waals surface area contributed by atoms with Crippen LogP contribution in [0.3, 0.4) is 0 Å². The molecule has 12 heteroatoms. The second kappa shape index (κ2) is 14.3. The zero-order valence-electron chi connectivity index (χ0n) is 22.4. The molecule has 40 heavy (non-hydrogen) atoms. The Morgan fingerprint density at radius 2 is 1.75 bits per heavy atom. The van der Waals surface area contributed by atoms with Gasteiger partial charge in [-0.15, -0.1) is 0 Å². The standard InChI is InChI=1S/C28H36F2N6O4/c29-23-7-10-25(26(30)16-23)28(38,19-36-21-31-20-32-36)18-35-13-11-34(12-14-35)17-22-5-8-24(9-6-22)40-15-3-1-2-4-27(37)33-39/h5-10,16,20-21,38-39H,1-4,11-15,17-19H2,(H,33,37). The summed E-state index contributed by atoms with van der Waals surface area (Å²) in [6.07, 6.45) is 5.48. The number of piperazine rings is 1. The number of hydrogen-bond acceptors (Lipinski definition) is 8. The minimum absolute atomic E-state index is 0.00887. The van der Waals surface area contributed by atoms with Gasteiger partial charge in [-0.25, -0.2) is 23.9 Å². The largest absolute Gasteiger partial charge is 0.494 e. The van der Waals surface area contributed by atoms with Crippen LogP contribution in [-0.4, -0.2) is 80.1 Å². The van der Waals surface area contributed by atoms with E-state index in [1.165, 1.54) is 23.4 Å². The number of nitrogens with one attached hydrogen (secondary N) is 1. The highest BCUT2D eigenvalue weighted by molar-refractivity contribution is 5.74. The fourth-order valence-electron chi connectivity index (χ4n) is 4.90. The lowest BCUT2D eigenvalue weighted by molar-refractivity contribution is -0.129. The first kappa shape index (κ1) is 29.5. The molecule has 1 aromatic heterocycles. The summed E-state index contributed by atoms with van der Waals surface area (Å²) in [6, 6.07) is 11.2. The Morgan fingerprint density at radius 1 is 1.00 bits per heavy atom. The third-order valence-electron chi connectivity index (χ3n) is 7.04. The molecule has 1 amide bonds. The highest BCUT2D eigenvalue weighted by Gasteiger charge is 2.36. The van der Waals surface area contributed by atoms with E-state index >= 15 is 0 Å². The molecule has 2 heterocycles. The van der Waals surface area contributed by atoms with Crippen LogP contribution in [0.15, 0.2) is 55.1 Å². The van der Waals surface area contributed by atoms with E-state index in [9.17, 15) is 18.7 Å². The number of carbonyl (C=O) groups is 1. The molecule has 1 aliphatic heterocycles. The fourth-order valence-corrected chi connectivity index (χ4v) is 4.90. The van der Waals surface area contributed by atoms with Crippen molar-refractivity contribution < 1.29 is 28.6 Å². The monoisotopic (exact) mass is 558 g/mol. The van der Waals surface area contributed by atoms with Gasteiger partial charge in [0.25, 0.3) is 0 Å². The van der Waals surface area contributed by atoms with Gasteiger partial charge in [0.2, 0.25) is 5.91 Å². The lowest BCUT2D eigenvalue weighted by Gasteiger charge is -2.39. The van der Waals surface area contributed by atoms with E-state index in [0.717, 1.165) is 55.9 Å². The molecule has 3 aromatic rings. The average molecular weight is 559 g/mol. The number of hydrogen-bond donors (Lipinski definition) is 3. The van der Waals surface area contributed by atoms with Crippen molar-refractivity contribution in [2.45, 2.75) is 44.4 Å². The minimum Gasteiger partial charge on any atom is -0.494 e. The lowest BCUT2D eigenvalue weighted by Crippen LogP contribution is -2.52. The van der Waals surface area contributed by atoms with Gasteiger partial charge < -0.3 is 9.84 Å². The van der Waals surface area contributed by atoms with E-state index in [4.69, 9.17) is 9.94 Å². The summed E-state index contributed by atoms with van der Waals surface area (Å²) in [5.41, 5.74) is 1.21. The minimum atomic E-state index is -1.61. The van der Waals surface area contributed by atoms with Gasteiger partial charge >= 0.3 is 0 Å². The average Bonchev–Trinajstić information content (AvgIpc) is 3.45. The van der Waals surface area contributed by atoms with Gasteiger partial charge in [-0.05, 0) is 43.0 Å². The van der Waals surface area contributed by atoms with Gasteiger partial charge in [0, 0.05) is 57.3 Å². The molecule has 1 fully saturated rings. The van der Waals surface area contributed by atoms with Gasteiger partial charge in [-0.2, -0.15) is 5.10 Å². The molecule has 3 N–H and O–H groups in total. The first-order valence-electron chi connectivity index (χ1n) is 13.4. The molecule has 0 aliphatic carbocycles. The summed E-state index contributed by atoms with van der Waals surface area (Å²) in [5.74, 6) is -1.07. The van der Waals surface area contributed by atoms with Crippen LogP contribution in [0.1, 0.15) is 36.8 Å². The number of aliphatic hydroxyl groups is 1. The third-order valence-corrected chi connectivity index (χ3v) is 7.04. The quantitative estimate of drug-likeness (QED) is 0.157. The predicted molar refractivity (Wildman–Crippen MR) is 142 cm³/mol. The highest BCUT2D eigenvalue weighted by atomic mass is 19.1. The van der Waals surface area contributed by atoms with Crippen molar-refractivity contribution in [3.63, 3.8) is 0 Å². The van der Waals surface area contributed by atoms with Crippen molar-refractivity contribution in [3.8, 4) is 5.75 Å². The van der Waals surface area contributed by atoms with Gasteiger partial charge in [-0.3, -0.25) is 19.8 Å². The normalized spacial score (nSPS) is 16.0. The SMILES string of the molecule is O=C(CCCCCOc1ccc(CN2CCN(CC(O)(Cn3cncn3)c3ccc(F)cc3F)CC2)cc1)NO. The molecule has 2 aromatic carbocycles. The van der Waals surface area contributed by atoms with Crippen molar-refractivity contribution >= 4 is 5.91 Å². The van der Waals surface area contributed by atoms with Crippen LogP contribution in [0, 0.1) is 11.6 Å². The first-order chi connectivity index (χ1) is 19.3. The van der Waals surface area contributed by atoms with Crippen molar-refractivity contribution in [2.75, 3.05) is 39.3 Å². The fraction of sp³-hybridized carbons (Fsp3) is 0.464. The van der Waals surface area contributed by atoms with E-state index in [0.29, 0.717) is 32.5 Å². The molecular formula is C28H36F2N6O4. The van der Waals surface area contributed by atoms with Crippen molar-refractivity contribution in [1.29, 1.82) is 0 Å². The summed E-state index contributed by atoms with van der Waals surface area (Å²) in [7, 11) is 0. The molecule has 1 unspecified atom stereocenters. The van der Waals surface area contributed by atoms with Crippen LogP contribution in [0.5, 0.6) is 5.75 Å². The summed E-state index contributed by atoms with van der Waals surface area (Å²) < 4.78 is 35.5. The Labute approximate surface area is 232 Å². The van der Waals surface area contributed by atoms with Gasteiger partial charge in [0.1, 0.15) is 35.6 Å². The van der Waals surface area contributed by atoms with E-state index in [-0.39, 0.29) is 24.6 Å². The second-order valence-electron chi connectivity index (χ2n) is 10.1. The van der Waals surface area contributed by atoms with Crippen molar-refractivity contribution in [2.24, 2.45) is 0 Å². The highest BCUT2D eigenvalue weighted by Crippen LogP contribution is 2.28. The number of halogens is 2. The Balaban J connectivity index is 1.24. The van der Waals surface area contributed by atoms with Crippen molar-refractivity contribution in [3.05, 3.63) is 77.9 Å². The maximum absolute atomic E-state index is 14.7. The molecule has 216 valence electrons. The Hall–Kier alpha value is -3.45. The molecule has 4 rings (SSSR count). The summed E-state index contributed by atoms with van der Waals surface area (Å²) in [6.45, 7) is 4.42. The van der Waals surface area contributed by atoms with Crippen LogP contribution in [0.2, 0.25) is 0 Å². The predicted octanol–water partition coefficient (Wildman–Crippen LogP) is 2.71. The molecule has 0 radical (unpaired) electrons. The number of unbranched alkanes of at least 4 members (excludes halogenated alkanes) is 2. The van der Waals surface area contributed by atoms with Crippen LogP contribution >= 0.6 is 0 Å². The Bertz CT molecular complexity index is 1210. The third kappa shape index (κ3) is 8.52. The number of amides is 1. The van der Waals surface area contributed by atoms with Crippen LogP contribution in [-0.2, 0) is 23.5 Å². The summed E-state index contributed by atoms with van der Waals surface area (Å²) in [4.78, 5) is 19.3. The summed E-state index contributed by atoms with van der Waals surface area (Å²) >= 11 is 0. The smallest absolute Gasteiger partial charge is 0.243 e. The number of nitrogens with zero attached hydrogens (tertiary/aromatic N) is 5. The van der Waals surface area contributed by atoms with Crippen molar-refractivity contribution in [1.82, 2.24) is 30.0 Å². The van der Waals surface area contributed by atoms with Crippen LogP contribution < -0.4 is 10.2 Å². The Kier molecular flexibility index (Phi) is 10.5. The number of rotatable bonds is 14. The number of carbonyl (C=O) groups excluding carboxylic acids is 1. The summed E-state index contributed by atoms with van der Waals surface area (Å²) in [5, 5.41) is 24.2. The molecule has 0 bridgehead atoms. The Morgan fingerprint density at radius 3 is 2.42 bits per heavy atom. The van der Waals surface area contributed by atoms with E-state index < -0.39 is 17.2 Å². The van der Waals surface area contributed by atoms with E-state index in [1.807, 2.05) is 24.3 Å². The van der Waals surface area contributed by atoms with Gasteiger partial charge in [0.15, 0.2) is 0 Å². The zero-order valence-corrected chi connectivity index (χ0v) is 22.4. The van der Waals surface area contributed by atoms with Gasteiger partial charge in [0.05, 0.1) is 13.2 Å². The number of β-amino-alcohol motifs (C(OH)–C–C–N with tert-alkyl or cyclic N) is 1. The molecule has 0 saturated carbocycles. The van der Waals surface area contributed by atoms with Crippen LogP contribution in [0.25, 0.3) is 0 Å². The topological polar surface area (TPSA) is 116 Å². The van der Waals surface area contributed by atoms with Gasteiger partial charge in [-0.1, -0.05) is 18.2 Å². The maximum atomic E-state index is 14.7. The maximum Gasteiger partial charge on any atom is 0.243 e. The number of hydroxylamine groups is 1. The number of benzene rings is 2. The van der Waals surface area contributed by atoms with E-state index in [2.05, 4.69) is 19.9 Å². The first-order valence-corrected chi connectivity index (χ1v) is 13.4. The molecule has 10 nitrogen and oxygen atoms in total. The van der Waals surface area contributed by atoms with Crippen LogP contribution in [0.4, 0.5) is 8.78 Å². The molecular weight excluding hydrogens is 522 g/mol. The van der Waals surface area contributed by atoms with E-state index in [1.54, 1.807) is 5.48 Å². The lowest BCUT2D eigenvalue weighted by atomic mass is 9.92. The molecule has 1 atom stereocenters. The molecule has 1 aliphatic rings. The molecule has 1 saturated heterocycles. The molecule has 0 spiro atoms. The number of aromatic nitrogens is 3.